The average molecular weight is 302 g/mol. The number of amides is 2. The summed E-state index contributed by atoms with van der Waals surface area (Å²) in [5.74, 6) is 0. The highest BCUT2D eigenvalue weighted by Gasteiger charge is 2.23. The van der Waals surface area contributed by atoms with E-state index in [-0.39, 0.29) is 6.03 Å². The predicted molar refractivity (Wildman–Crippen MR) is 90.0 cm³/mol. The zero-order valence-corrected chi connectivity index (χ0v) is 13.1. The SMILES string of the molecule is Nc1cccc(N2CCN(C(=O)NC3CCCCC3)CC2)c1. The first-order chi connectivity index (χ1) is 10.7. The van der Waals surface area contributed by atoms with Crippen molar-refractivity contribution in [2.45, 2.75) is 38.1 Å². The molecule has 1 saturated carbocycles. The Labute approximate surface area is 132 Å². The summed E-state index contributed by atoms with van der Waals surface area (Å²) in [5.41, 5.74) is 7.78. The molecule has 1 heterocycles. The van der Waals surface area contributed by atoms with Gasteiger partial charge in [-0.1, -0.05) is 25.3 Å². The van der Waals surface area contributed by atoms with Crippen LogP contribution in [-0.4, -0.2) is 43.2 Å². The monoisotopic (exact) mass is 302 g/mol. The molecule has 5 nitrogen and oxygen atoms in total. The summed E-state index contributed by atoms with van der Waals surface area (Å²) in [6.07, 6.45) is 6.07. The highest BCUT2D eigenvalue weighted by Crippen LogP contribution is 2.20. The van der Waals surface area contributed by atoms with Crippen molar-refractivity contribution in [2.24, 2.45) is 0 Å². The van der Waals surface area contributed by atoms with E-state index in [9.17, 15) is 4.79 Å². The minimum absolute atomic E-state index is 0.110. The van der Waals surface area contributed by atoms with E-state index in [1.54, 1.807) is 0 Å². The van der Waals surface area contributed by atoms with Gasteiger partial charge in [0.05, 0.1) is 0 Å². The highest BCUT2D eigenvalue weighted by atomic mass is 16.2. The van der Waals surface area contributed by atoms with Gasteiger partial charge in [-0.2, -0.15) is 0 Å². The van der Waals surface area contributed by atoms with Crippen LogP contribution >= 0.6 is 0 Å². The molecule has 1 aliphatic heterocycles. The molecule has 2 aliphatic rings. The summed E-state index contributed by atoms with van der Waals surface area (Å²) >= 11 is 0. The van der Waals surface area contributed by atoms with Gasteiger partial charge in [-0.15, -0.1) is 0 Å². The van der Waals surface area contributed by atoms with Gasteiger partial charge < -0.3 is 20.9 Å². The van der Waals surface area contributed by atoms with Crippen LogP contribution in [0.4, 0.5) is 16.2 Å². The highest BCUT2D eigenvalue weighted by molar-refractivity contribution is 5.75. The first-order valence-corrected chi connectivity index (χ1v) is 8.38. The maximum Gasteiger partial charge on any atom is 0.317 e. The van der Waals surface area contributed by atoms with Gasteiger partial charge in [-0.05, 0) is 31.0 Å². The Kier molecular flexibility index (Phi) is 4.71. The second-order valence-electron chi connectivity index (χ2n) is 6.35. The molecule has 0 spiro atoms. The second kappa shape index (κ2) is 6.90. The zero-order valence-electron chi connectivity index (χ0n) is 13.1. The van der Waals surface area contributed by atoms with Crippen molar-refractivity contribution in [1.29, 1.82) is 0 Å². The Bertz CT molecular complexity index is 505. The van der Waals surface area contributed by atoms with Crippen molar-refractivity contribution in [3.8, 4) is 0 Å². The predicted octanol–water partition coefficient (Wildman–Crippen LogP) is 2.43. The zero-order chi connectivity index (χ0) is 15.4. The summed E-state index contributed by atoms with van der Waals surface area (Å²) in [6, 6.07) is 8.45. The molecule has 3 N–H and O–H groups in total. The summed E-state index contributed by atoms with van der Waals surface area (Å²) in [4.78, 5) is 16.6. The Balaban J connectivity index is 1.49. The summed E-state index contributed by atoms with van der Waals surface area (Å²) in [6.45, 7) is 3.27. The normalized spacial score (nSPS) is 20.0. The number of nitrogens with two attached hydrogens (primary N) is 1. The lowest BCUT2D eigenvalue weighted by Crippen LogP contribution is -2.53. The molecule has 0 radical (unpaired) electrons. The minimum atomic E-state index is 0.110. The molecule has 0 aromatic heterocycles. The first-order valence-electron chi connectivity index (χ1n) is 8.38. The molecule has 1 aromatic carbocycles. The molecule has 2 fully saturated rings. The van der Waals surface area contributed by atoms with Gasteiger partial charge in [0, 0.05) is 43.6 Å². The molecular weight excluding hydrogens is 276 g/mol. The molecule has 0 unspecified atom stereocenters. The van der Waals surface area contributed by atoms with Crippen LogP contribution in [0.25, 0.3) is 0 Å². The van der Waals surface area contributed by atoms with Gasteiger partial charge in [0.25, 0.3) is 0 Å². The Morgan fingerprint density at radius 1 is 1.09 bits per heavy atom. The van der Waals surface area contributed by atoms with Gasteiger partial charge in [-0.3, -0.25) is 0 Å². The maximum atomic E-state index is 12.3. The molecule has 5 heteroatoms. The number of nitrogens with one attached hydrogen (secondary N) is 1. The molecule has 22 heavy (non-hydrogen) atoms. The quantitative estimate of drug-likeness (QED) is 0.825. The third kappa shape index (κ3) is 3.64. The minimum Gasteiger partial charge on any atom is -0.399 e. The van der Waals surface area contributed by atoms with Crippen LogP contribution in [0.1, 0.15) is 32.1 Å². The van der Waals surface area contributed by atoms with Crippen LogP contribution in [-0.2, 0) is 0 Å². The number of urea groups is 1. The fourth-order valence-electron chi connectivity index (χ4n) is 3.40. The number of piperazine rings is 1. The number of carbonyl (C=O) groups is 1. The third-order valence-corrected chi connectivity index (χ3v) is 4.74. The lowest BCUT2D eigenvalue weighted by atomic mass is 9.96. The Hall–Kier alpha value is -1.91. The van der Waals surface area contributed by atoms with Crippen LogP contribution in [0.3, 0.4) is 0 Å². The summed E-state index contributed by atoms with van der Waals surface area (Å²) in [5, 5.41) is 3.20. The lowest BCUT2D eigenvalue weighted by Gasteiger charge is -2.37. The number of rotatable bonds is 2. The van der Waals surface area contributed by atoms with Gasteiger partial charge >= 0.3 is 6.03 Å². The first kappa shape index (κ1) is 15.0. The fourth-order valence-corrected chi connectivity index (χ4v) is 3.40. The smallest absolute Gasteiger partial charge is 0.317 e. The standard InChI is InChI=1S/C17H26N4O/c18-14-5-4-8-16(13-14)20-9-11-21(12-10-20)17(22)19-15-6-2-1-3-7-15/h4-5,8,13,15H,1-3,6-7,9-12,18H2,(H,19,22). The molecule has 1 aromatic rings. The second-order valence-corrected chi connectivity index (χ2v) is 6.35. The van der Waals surface area contributed by atoms with E-state index < -0.39 is 0 Å². The summed E-state index contributed by atoms with van der Waals surface area (Å²) in [7, 11) is 0. The van der Waals surface area contributed by atoms with E-state index >= 15 is 0 Å². The van der Waals surface area contributed by atoms with Crippen molar-refractivity contribution in [2.75, 3.05) is 36.8 Å². The van der Waals surface area contributed by atoms with E-state index in [1.165, 1.54) is 19.3 Å². The molecule has 0 bridgehead atoms. The van der Waals surface area contributed by atoms with Crippen molar-refractivity contribution >= 4 is 17.4 Å². The molecule has 1 aliphatic carbocycles. The van der Waals surface area contributed by atoms with Crippen LogP contribution in [0.5, 0.6) is 0 Å². The largest absolute Gasteiger partial charge is 0.399 e. The maximum absolute atomic E-state index is 12.3. The van der Waals surface area contributed by atoms with Gasteiger partial charge in [0.1, 0.15) is 0 Å². The molecule has 120 valence electrons. The molecular formula is C17H26N4O. The van der Waals surface area contributed by atoms with Crippen LogP contribution in [0.15, 0.2) is 24.3 Å². The Morgan fingerprint density at radius 2 is 1.82 bits per heavy atom. The van der Waals surface area contributed by atoms with Crippen LogP contribution in [0.2, 0.25) is 0 Å². The number of hydrogen-bond acceptors (Lipinski definition) is 3. The van der Waals surface area contributed by atoms with Crippen molar-refractivity contribution in [3.63, 3.8) is 0 Å². The van der Waals surface area contributed by atoms with Crippen molar-refractivity contribution in [3.05, 3.63) is 24.3 Å². The van der Waals surface area contributed by atoms with E-state index in [1.807, 2.05) is 23.1 Å². The number of hydrogen-bond donors (Lipinski definition) is 2. The third-order valence-electron chi connectivity index (χ3n) is 4.74. The fraction of sp³-hybridized carbons (Fsp3) is 0.588. The number of anilines is 2. The summed E-state index contributed by atoms with van der Waals surface area (Å²) < 4.78 is 0. The van der Waals surface area contributed by atoms with Gasteiger partial charge in [0.15, 0.2) is 0 Å². The van der Waals surface area contributed by atoms with Crippen LogP contribution in [0, 0.1) is 0 Å². The van der Waals surface area contributed by atoms with E-state index in [0.717, 1.165) is 50.4 Å². The molecule has 2 amide bonds. The molecule has 1 saturated heterocycles. The van der Waals surface area contributed by atoms with Gasteiger partial charge in [-0.25, -0.2) is 4.79 Å². The number of carbonyl (C=O) groups excluding carboxylic acids is 1. The van der Waals surface area contributed by atoms with Crippen molar-refractivity contribution in [1.82, 2.24) is 10.2 Å². The van der Waals surface area contributed by atoms with Crippen molar-refractivity contribution < 1.29 is 4.79 Å². The van der Waals surface area contributed by atoms with E-state index in [0.29, 0.717) is 6.04 Å². The molecule has 0 atom stereocenters. The number of nitrogens with zero attached hydrogens (tertiary/aromatic N) is 2. The topological polar surface area (TPSA) is 61.6 Å². The molecule has 3 rings (SSSR count). The Morgan fingerprint density at radius 3 is 2.50 bits per heavy atom. The lowest BCUT2D eigenvalue weighted by molar-refractivity contribution is 0.186. The number of nitrogen functional groups attached to an aromatic ring is 1. The van der Waals surface area contributed by atoms with Gasteiger partial charge in [0.2, 0.25) is 0 Å². The van der Waals surface area contributed by atoms with E-state index in [4.69, 9.17) is 5.73 Å². The van der Waals surface area contributed by atoms with Crippen LogP contribution < -0.4 is 16.0 Å². The average Bonchev–Trinajstić information content (AvgIpc) is 2.56. The number of benzene rings is 1. The van der Waals surface area contributed by atoms with E-state index in [2.05, 4.69) is 16.3 Å².